The van der Waals surface area contributed by atoms with Gasteiger partial charge in [0, 0.05) is 42.1 Å². The minimum atomic E-state index is 0.407. The quantitative estimate of drug-likeness (QED) is 0.354. The lowest BCUT2D eigenvalue weighted by molar-refractivity contribution is 0.216. The van der Waals surface area contributed by atoms with E-state index in [9.17, 15) is 0 Å². The van der Waals surface area contributed by atoms with Gasteiger partial charge in [0.15, 0.2) is 0 Å². The fraction of sp³-hybridized carbons (Fsp3) is 0.310. The maximum atomic E-state index is 6.03. The number of fused-ring (bicyclic) bond motifs is 1. The third-order valence-corrected chi connectivity index (χ3v) is 6.70. The second-order valence-corrected chi connectivity index (χ2v) is 9.10. The van der Waals surface area contributed by atoms with Crippen LogP contribution >= 0.6 is 11.6 Å². The molecule has 2 N–H and O–H groups in total. The highest BCUT2D eigenvalue weighted by Crippen LogP contribution is 2.23. The van der Waals surface area contributed by atoms with E-state index in [-0.39, 0.29) is 0 Å². The van der Waals surface area contributed by atoms with Gasteiger partial charge in [-0.1, -0.05) is 78.9 Å². The predicted molar refractivity (Wildman–Crippen MR) is 141 cm³/mol. The van der Waals surface area contributed by atoms with Gasteiger partial charge in [0.2, 0.25) is 0 Å². The Bertz CT molecular complexity index is 1100. The number of hydrogen-bond donors (Lipinski definition) is 1. The van der Waals surface area contributed by atoms with Gasteiger partial charge < -0.3 is 15.2 Å². The average molecular weight is 460 g/mol. The second kappa shape index (κ2) is 12.0. The molecular formula is C29H34ClN3. The first-order valence-corrected chi connectivity index (χ1v) is 12.4. The number of benzene rings is 3. The van der Waals surface area contributed by atoms with Crippen LogP contribution in [0.2, 0.25) is 0 Å². The third-order valence-electron chi connectivity index (χ3n) is 6.39. The molecule has 1 aliphatic heterocycles. The van der Waals surface area contributed by atoms with Gasteiger partial charge in [-0.3, -0.25) is 0 Å². The first kappa shape index (κ1) is 23.6. The van der Waals surface area contributed by atoms with Gasteiger partial charge in [0.25, 0.3) is 0 Å². The Balaban J connectivity index is 0.000000275. The molecule has 0 radical (unpaired) electrons. The third kappa shape index (κ3) is 6.70. The molecule has 0 atom stereocenters. The van der Waals surface area contributed by atoms with Gasteiger partial charge in [0.05, 0.1) is 0 Å². The summed E-state index contributed by atoms with van der Waals surface area (Å²) >= 11 is 5.53. The molecule has 0 amide bonds. The zero-order valence-corrected chi connectivity index (χ0v) is 20.0. The van der Waals surface area contributed by atoms with Crippen molar-refractivity contribution in [3.05, 3.63) is 108 Å². The van der Waals surface area contributed by atoms with E-state index in [4.69, 9.17) is 17.3 Å². The smallest absolute Gasteiger partial charge is 0.0486 e. The molecule has 3 aromatic carbocycles. The molecule has 4 aromatic rings. The van der Waals surface area contributed by atoms with Crippen LogP contribution in [0.1, 0.15) is 29.5 Å². The summed E-state index contributed by atoms with van der Waals surface area (Å²) in [6.45, 7) is 4.35. The SMILES string of the molecule is ClCc1ccccc1.NC1CCN(CCc2cn(Cc3ccccc3)c3ccccc23)CC1. The van der Waals surface area contributed by atoms with Gasteiger partial charge >= 0.3 is 0 Å². The monoisotopic (exact) mass is 459 g/mol. The maximum Gasteiger partial charge on any atom is 0.0486 e. The van der Waals surface area contributed by atoms with Gasteiger partial charge in [-0.25, -0.2) is 0 Å². The molecule has 0 spiro atoms. The fourth-order valence-electron chi connectivity index (χ4n) is 4.46. The van der Waals surface area contributed by atoms with Crippen LogP contribution in [0.3, 0.4) is 0 Å². The summed E-state index contributed by atoms with van der Waals surface area (Å²) in [4.78, 5) is 2.56. The van der Waals surface area contributed by atoms with Crippen molar-refractivity contribution in [1.82, 2.24) is 9.47 Å². The normalized spacial score (nSPS) is 14.7. The summed E-state index contributed by atoms with van der Waals surface area (Å²) < 4.78 is 2.39. The highest BCUT2D eigenvalue weighted by atomic mass is 35.5. The fourth-order valence-corrected chi connectivity index (χ4v) is 4.63. The van der Waals surface area contributed by atoms with Gasteiger partial charge in [-0.2, -0.15) is 0 Å². The van der Waals surface area contributed by atoms with Crippen molar-refractivity contribution in [2.45, 2.75) is 37.7 Å². The molecule has 172 valence electrons. The molecule has 1 aromatic heterocycles. The van der Waals surface area contributed by atoms with Crippen LogP contribution in [0.15, 0.2) is 91.1 Å². The standard InChI is InChI=1S/C22H27N3.C7H7Cl/c23-20-11-14-24(15-12-20)13-10-19-17-25(16-18-6-2-1-3-7-18)22-9-5-4-8-21(19)22;8-6-7-4-2-1-3-5-7/h1-9,17,20H,10-16,23H2;1-5H,6H2. The summed E-state index contributed by atoms with van der Waals surface area (Å²) in [5.74, 6) is 0.612. The topological polar surface area (TPSA) is 34.2 Å². The van der Waals surface area contributed by atoms with E-state index < -0.39 is 0 Å². The van der Waals surface area contributed by atoms with Gasteiger partial charge in [-0.15, -0.1) is 11.6 Å². The van der Waals surface area contributed by atoms with E-state index in [0.29, 0.717) is 11.9 Å². The van der Waals surface area contributed by atoms with Gasteiger partial charge in [-0.05, 0) is 55.1 Å². The van der Waals surface area contributed by atoms with E-state index >= 15 is 0 Å². The summed E-state index contributed by atoms with van der Waals surface area (Å²) in [6.07, 6.45) is 5.73. The highest BCUT2D eigenvalue weighted by molar-refractivity contribution is 6.17. The molecule has 0 saturated carbocycles. The van der Waals surface area contributed by atoms with Gasteiger partial charge in [0.1, 0.15) is 0 Å². The lowest BCUT2D eigenvalue weighted by Crippen LogP contribution is -2.40. The van der Waals surface area contributed by atoms with Crippen LogP contribution in [-0.2, 0) is 18.8 Å². The van der Waals surface area contributed by atoms with Crippen LogP contribution in [0.4, 0.5) is 0 Å². The summed E-state index contributed by atoms with van der Waals surface area (Å²) in [7, 11) is 0. The number of nitrogens with zero attached hydrogens (tertiary/aromatic N) is 2. The maximum absolute atomic E-state index is 6.03. The second-order valence-electron chi connectivity index (χ2n) is 8.83. The van der Waals surface area contributed by atoms with E-state index in [2.05, 4.69) is 70.3 Å². The van der Waals surface area contributed by atoms with E-state index in [1.54, 1.807) is 0 Å². The van der Waals surface area contributed by atoms with Crippen molar-refractivity contribution in [2.75, 3.05) is 19.6 Å². The molecule has 0 bridgehead atoms. The number of piperidine rings is 1. The van der Waals surface area contributed by atoms with Crippen molar-refractivity contribution >= 4 is 22.5 Å². The summed E-state index contributed by atoms with van der Waals surface area (Å²) in [5.41, 5.74) is 11.3. The lowest BCUT2D eigenvalue weighted by atomic mass is 10.0. The Hall–Kier alpha value is -2.59. The van der Waals surface area contributed by atoms with Crippen LogP contribution in [-0.4, -0.2) is 35.1 Å². The van der Waals surface area contributed by atoms with Crippen molar-refractivity contribution in [3.8, 4) is 0 Å². The molecule has 5 rings (SSSR count). The number of likely N-dealkylation sites (tertiary alicyclic amines) is 1. The van der Waals surface area contributed by atoms with Crippen LogP contribution in [0.25, 0.3) is 10.9 Å². The van der Waals surface area contributed by atoms with Crippen LogP contribution in [0, 0.1) is 0 Å². The largest absolute Gasteiger partial charge is 0.343 e. The van der Waals surface area contributed by atoms with Crippen molar-refractivity contribution < 1.29 is 0 Å². The molecule has 33 heavy (non-hydrogen) atoms. The number of halogens is 1. The number of rotatable bonds is 6. The van der Waals surface area contributed by atoms with E-state index in [1.807, 2.05) is 30.3 Å². The number of alkyl halides is 1. The number of hydrogen-bond acceptors (Lipinski definition) is 2. The number of para-hydroxylation sites is 1. The predicted octanol–water partition coefficient (Wildman–Crippen LogP) is 6.08. The Morgan fingerprint density at radius 1 is 0.788 bits per heavy atom. The molecule has 0 unspecified atom stereocenters. The molecule has 0 aliphatic carbocycles. The Kier molecular flexibility index (Phi) is 8.59. The van der Waals surface area contributed by atoms with Crippen LogP contribution in [0.5, 0.6) is 0 Å². The van der Waals surface area contributed by atoms with E-state index in [0.717, 1.165) is 45.4 Å². The van der Waals surface area contributed by atoms with Crippen LogP contribution < -0.4 is 5.73 Å². The molecule has 4 heteroatoms. The zero-order valence-electron chi connectivity index (χ0n) is 19.2. The van der Waals surface area contributed by atoms with Crippen molar-refractivity contribution in [2.24, 2.45) is 5.73 Å². The first-order chi connectivity index (χ1) is 16.2. The minimum absolute atomic E-state index is 0.407. The number of nitrogens with two attached hydrogens (primary N) is 1. The minimum Gasteiger partial charge on any atom is -0.343 e. The average Bonchev–Trinajstić information content (AvgIpc) is 3.22. The molecule has 2 heterocycles. The molecule has 1 saturated heterocycles. The van der Waals surface area contributed by atoms with E-state index in [1.165, 1.54) is 27.6 Å². The highest BCUT2D eigenvalue weighted by Gasteiger charge is 2.16. The zero-order chi connectivity index (χ0) is 22.9. The molecular weight excluding hydrogens is 426 g/mol. The molecule has 1 aliphatic rings. The molecule has 1 fully saturated rings. The Morgan fingerprint density at radius 2 is 1.39 bits per heavy atom. The Labute approximate surface area is 202 Å². The summed E-state index contributed by atoms with van der Waals surface area (Å²) in [6, 6.07) is 29.9. The van der Waals surface area contributed by atoms with Crippen molar-refractivity contribution in [3.63, 3.8) is 0 Å². The molecule has 3 nitrogen and oxygen atoms in total. The lowest BCUT2D eigenvalue weighted by Gasteiger charge is -2.29. The number of aromatic nitrogens is 1. The van der Waals surface area contributed by atoms with Crippen molar-refractivity contribution in [1.29, 1.82) is 0 Å². The summed E-state index contributed by atoms with van der Waals surface area (Å²) in [5, 5.41) is 1.40. The first-order valence-electron chi connectivity index (χ1n) is 11.9. The Morgan fingerprint density at radius 3 is 2.03 bits per heavy atom.